The van der Waals surface area contributed by atoms with Gasteiger partial charge >= 0.3 is 58.4 Å². The van der Waals surface area contributed by atoms with Gasteiger partial charge in [0.15, 0.2) is 0 Å². The number of pyridine rings is 1. The van der Waals surface area contributed by atoms with Gasteiger partial charge in [-0.2, -0.15) is 5.10 Å². The standard InChI is InChI=1S/C7H5BF3N2.K/c9-8(10,11)6-2-1-5-13-7(6)3-4-12-13;/h1-5H;/q-1;+1. The van der Waals surface area contributed by atoms with Crippen molar-refractivity contribution < 1.29 is 64.3 Å². The Balaban J connectivity index is 0.000000980. The Hall–Kier alpha value is 0.181. The molecule has 2 nitrogen and oxygen atoms in total. The number of fused-ring (bicyclic) bond motifs is 1. The summed E-state index contributed by atoms with van der Waals surface area (Å²) in [7, 11) is 0. The summed E-state index contributed by atoms with van der Waals surface area (Å²) in [6, 6.07) is 3.76. The molecule has 0 N–H and O–H groups in total. The van der Waals surface area contributed by atoms with E-state index in [1.54, 1.807) is 0 Å². The molecule has 7 heteroatoms. The van der Waals surface area contributed by atoms with Crippen LogP contribution in [0.5, 0.6) is 0 Å². The number of hydrogen-bond acceptors (Lipinski definition) is 1. The van der Waals surface area contributed by atoms with Crippen molar-refractivity contribution >= 4 is 18.0 Å². The van der Waals surface area contributed by atoms with E-state index in [9.17, 15) is 12.9 Å². The van der Waals surface area contributed by atoms with Gasteiger partial charge < -0.3 is 12.9 Å². The van der Waals surface area contributed by atoms with Crippen molar-refractivity contribution in [3.8, 4) is 0 Å². The molecule has 2 aromatic rings. The Morgan fingerprint density at radius 1 is 1.21 bits per heavy atom. The number of aromatic nitrogens is 2. The maximum Gasteiger partial charge on any atom is 1.00 e. The van der Waals surface area contributed by atoms with Crippen LogP contribution in [0.4, 0.5) is 12.9 Å². The maximum absolute atomic E-state index is 12.4. The number of nitrogens with zero attached hydrogens (tertiary/aromatic N) is 2. The zero-order valence-corrected chi connectivity index (χ0v) is 10.6. The summed E-state index contributed by atoms with van der Waals surface area (Å²) in [6.45, 7) is -4.95. The first-order valence-corrected chi connectivity index (χ1v) is 3.71. The van der Waals surface area contributed by atoms with Crippen molar-refractivity contribution in [1.82, 2.24) is 9.61 Å². The van der Waals surface area contributed by atoms with Gasteiger partial charge in [-0.05, 0) is 12.1 Å². The molecule has 0 saturated carbocycles. The van der Waals surface area contributed by atoms with Crippen molar-refractivity contribution in [2.45, 2.75) is 0 Å². The van der Waals surface area contributed by atoms with E-state index >= 15 is 0 Å². The average molecular weight is 224 g/mol. The van der Waals surface area contributed by atoms with E-state index in [-0.39, 0.29) is 56.9 Å². The molecule has 0 amide bonds. The number of rotatable bonds is 1. The fourth-order valence-corrected chi connectivity index (χ4v) is 1.25. The molecule has 14 heavy (non-hydrogen) atoms. The molecule has 2 rings (SSSR count). The van der Waals surface area contributed by atoms with Gasteiger partial charge in [-0.3, -0.25) is 0 Å². The molecule has 0 aliphatic carbocycles. The second kappa shape index (κ2) is 4.36. The maximum atomic E-state index is 12.4. The number of hydrogen-bond donors (Lipinski definition) is 0. The van der Waals surface area contributed by atoms with E-state index in [0.29, 0.717) is 0 Å². The molecule has 68 valence electrons. The van der Waals surface area contributed by atoms with Crippen molar-refractivity contribution in [3.05, 3.63) is 30.6 Å². The Bertz CT molecular complexity index is 440. The van der Waals surface area contributed by atoms with E-state index in [0.717, 1.165) is 6.07 Å². The van der Waals surface area contributed by atoms with E-state index < -0.39 is 12.4 Å². The molecule has 0 fully saturated rings. The van der Waals surface area contributed by atoms with Crippen LogP contribution in [-0.2, 0) is 0 Å². The molecular formula is C7H5BF3KN2. The molecule has 0 bridgehead atoms. The molecule has 0 unspecified atom stereocenters. The Morgan fingerprint density at radius 2 is 1.93 bits per heavy atom. The molecule has 0 spiro atoms. The third-order valence-electron chi connectivity index (χ3n) is 1.82. The van der Waals surface area contributed by atoms with Crippen LogP contribution in [0.2, 0.25) is 0 Å². The van der Waals surface area contributed by atoms with Crippen LogP contribution < -0.4 is 56.8 Å². The fraction of sp³-hybridized carbons (Fsp3) is 0. The van der Waals surface area contributed by atoms with Crippen molar-refractivity contribution in [1.29, 1.82) is 0 Å². The second-order valence-corrected chi connectivity index (χ2v) is 2.70. The molecule has 0 aromatic carbocycles. The van der Waals surface area contributed by atoms with Crippen molar-refractivity contribution in [2.75, 3.05) is 0 Å². The average Bonchev–Trinajstić information content (AvgIpc) is 2.48. The van der Waals surface area contributed by atoms with Gasteiger partial charge in [-0.15, -0.1) is 0 Å². The van der Waals surface area contributed by atoms with E-state index in [4.69, 9.17) is 0 Å². The number of halogens is 3. The summed E-state index contributed by atoms with van der Waals surface area (Å²) in [5, 5.41) is 3.72. The second-order valence-electron chi connectivity index (χ2n) is 2.70. The summed E-state index contributed by atoms with van der Waals surface area (Å²) in [6.07, 6.45) is 2.83. The topological polar surface area (TPSA) is 17.3 Å². The molecule has 2 heterocycles. The third kappa shape index (κ3) is 2.22. The van der Waals surface area contributed by atoms with E-state index in [2.05, 4.69) is 5.10 Å². The van der Waals surface area contributed by atoms with Crippen LogP contribution in [0.25, 0.3) is 5.52 Å². The zero-order chi connectivity index (χ0) is 9.47. The molecule has 0 atom stereocenters. The smallest absolute Gasteiger partial charge is 0.445 e. The summed E-state index contributed by atoms with van der Waals surface area (Å²) in [4.78, 5) is 0. The minimum Gasteiger partial charge on any atom is -0.445 e. The van der Waals surface area contributed by atoms with Crippen molar-refractivity contribution in [3.63, 3.8) is 0 Å². The van der Waals surface area contributed by atoms with Gasteiger partial charge in [0, 0.05) is 17.9 Å². The molecule has 0 aliphatic rings. The summed E-state index contributed by atoms with van der Waals surface area (Å²) < 4.78 is 38.5. The third-order valence-corrected chi connectivity index (χ3v) is 1.82. The van der Waals surface area contributed by atoms with Gasteiger partial charge in [0.05, 0.1) is 0 Å². The van der Waals surface area contributed by atoms with Crippen LogP contribution in [0.1, 0.15) is 0 Å². The predicted molar refractivity (Wildman–Crippen MR) is 43.9 cm³/mol. The van der Waals surface area contributed by atoms with Crippen molar-refractivity contribution in [2.24, 2.45) is 0 Å². The fourth-order valence-electron chi connectivity index (χ4n) is 1.25. The van der Waals surface area contributed by atoms with Crippen LogP contribution in [-0.4, -0.2) is 16.6 Å². The molecule has 2 aromatic heterocycles. The van der Waals surface area contributed by atoms with Crippen LogP contribution >= 0.6 is 0 Å². The Morgan fingerprint density at radius 3 is 2.57 bits per heavy atom. The quantitative estimate of drug-likeness (QED) is 0.533. The minimum atomic E-state index is -4.95. The van der Waals surface area contributed by atoms with E-state index in [1.165, 1.54) is 29.0 Å². The normalized spacial score (nSPS) is 11.4. The molecule has 0 aliphatic heterocycles. The predicted octanol–water partition coefficient (Wildman–Crippen LogP) is -1.61. The van der Waals surface area contributed by atoms with Gasteiger partial charge in [-0.1, -0.05) is 11.5 Å². The van der Waals surface area contributed by atoms with Crippen LogP contribution in [0.3, 0.4) is 0 Å². The van der Waals surface area contributed by atoms with Crippen LogP contribution in [0, 0.1) is 0 Å². The van der Waals surface area contributed by atoms with Gasteiger partial charge in [0.25, 0.3) is 0 Å². The molecule has 0 saturated heterocycles. The minimum absolute atomic E-state index is 0. The molecular weight excluding hydrogens is 219 g/mol. The molecule has 0 radical (unpaired) electrons. The largest absolute Gasteiger partial charge is 1.00 e. The zero-order valence-electron chi connectivity index (χ0n) is 7.49. The first-order chi connectivity index (χ1) is 6.09. The van der Waals surface area contributed by atoms with Crippen LogP contribution in [0.15, 0.2) is 30.6 Å². The summed E-state index contributed by atoms with van der Waals surface area (Å²) >= 11 is 0. The van der Waals surface area contributed by atoms with E-state index in [1.807, 2.05) is 0 Å². The Kier molecular flexibility index (Phi) is 3.82. The van der Waals surface area contributed by atoms with Gasteiger partial charge in [0.2, 0.25) is 0 Å². The monoisotopic (exact) mass is 224 g/mol. The first-order valence-electron chi connectivity index (χ1n) is 3.71. The SMILES string of the molecule is F[B-](F)(F)c1cccn2nccc12.[K+]. The summed E-state index contributed by atoms with van der Waals surface area (Å²) in [5.41, 5.74) is -0.491. The first kappa shape index (κ1) is 12.3. The van der Waals surface area contributed by atoms with Gasteiger partial charge in [0.1, 0.15) is 0 Å². The summed E-state index contributed by atoms with van der Waals surface area (Å²) in [5.74, 6) is 0. The Labute approximate surface area is 121 Å². The van der Waals surface area contributed by atoms with Gasteiger partial charge in [-0.25, -0.2) is 4.52 Å².